The molecule has 2 aromatic rings. The van der Waals surface area contributed by atoms with Crippen molar-refractivity contribution in [3.63, 3.8) is 0 Å². The monoisotopic (exact) mass is 282 g/mol. The molecular formula is C17H18N2O2. The fraction of sp³-hybridized carbons (Fsp3) is 0.235. The standard InChI is InChI=1S/C17H18N2O2/c1-12-5-4-6-13(11-12)18-17(20)19-15-9-10-21-16-8-3-2-7-14(15)16/h2-8,11,15H,9-10H2,1H3,(H2,18,19,20). The molecule has 3 rings (SSSR count). The van der Waals surface area contributed by atoms with Crippen LogP contribution in [0.25, 0.3) is 0 Å². The van der Waals surface area contributed by atoms with E-state index in [1.165, 1.54) is 0 Å². The molecule has 4 heteroatoms. The van der Waals surface area contributed by atoms with E-state index in [0.29, 0.717) is 6.61 Å². The third-order valence-electron chi connectivity index (χ3n) is 3.54. The SMILES string of the molecule is Cc1cccc(NC(=O)NC2CCOc3ccccc32)c1. The van der Waals surface area contributed by atoms with E-state index >= 15 is 0 Å². The summed E-state index contributed by atoms with van der Waals surface area (Å²) in [6.45, 7) is 2.62. The number of hydrogen-bond donors (Lipinski definition) is 2. The Labute approximate surface area is 124 Å². The first-order valence-electron chi connectivity index (χ1n) is 7.08. The van der Waals surface area contributed by atoms with Gasteiger partial charge in [0, 0.05) is 17.7 Å². The summed E-state index contributed by atoms with van der Waals surface area (Å²) in [6, 6.07) is 15.4. The summed E-state index contributed by atoms with van der Waals surface area (Å²) < 4.78 is 5.60. The molecular weight excluding hydrogens is 264 g/mol. The first kappa shape index (κ1) is 13.5. The number of aryl methyl sites for hydroxylation is 1. The molecule has 1 heterocycles. The fourth-order valence-corrected chi connectivity index (χ4v) is 2.54. The Bertz CT molecular complexity index is 655. The molecule has 0 radical (unpaired) electrons. The second-order valence-electron chi connectivity index (χ2n) is 5.20. The summed E-state index contributed by atoms with van der Waals surface area (Å²) in [5, 5.41) is 5.88. The number of carbonyl (C=O) groups is 1. The molecule has 2 N–H and O–H groups in total. The number of ether oxygens (including phenoxy) is 1. The number of hydrogen-bond acceptors (Lipinski definition) is 2. The average Bonchev–Trinajstić information content (AvgIpc) is 2.47. The summed E-state index contributed by atoms with van der Waals surface area (Å²) in [4.78, 5) is 12.1. The van der Waals surface area contributed by atoms with Crippen LogP contribution in [0.3, 0.4) is 0 Å². The van der Waals surface area contributed by atoms with Crippen molar-refractivity contribution in [2.45, 2.75) is 19.4 Å². The number of para-hydroxylation sites is 1. The predicted molar refractivity (Wildman–Crippen MR) is 82.6 cm³/mol. The second kappa shape index (κ2) is 5.87. The van der Waals surface area contributed by atoms with Crippen molar-refractivity contribution in [2.75, 3.05) is 11.9 Å². The molecule has 0 saturated carbocycles. The topological polar surface area (TPSA) is 50.4 Å². The van der Waals surface area contributed by atoms with E-state index in [-0.39, 0.29) is 12.1 Å². The minimum Gasteiger partial charge on any atom is -0.493 e. The van der Waals surface area contributed by atoms with Gasteiger partial charge in [0.25, 0.3) is 0 Å². The summed E-state index contributed by atoms with van der Waals surface area (Å²) in [5.74, 6) is 0.851. The van der Waals surface area contributed by atoms with Gasteiger partial charge in [-0.05, 0) is 30.7 Å². The zero-order valence-electron chi connectivity index (χ0n) is 11.9. The molecule has 4 nitrogen and oxygen atoms in total. The van der Waals surface area contributed by atoms with E-state index in [2.05, 4.69) is 10.6 Å². The first-order valence-corrected chi connectivity index (χ1v) is 7.08. The number of nitrogens with one attached hydrogen (secondary N) is 2. The van der Waals surface area contributed by atoms with Crippen molar-refractivity contribution in [1.82, 2.24) is 5.32 Å². The maximum Gasteiger partial charge on any atom is 0.319 e. The van der Waals surface area contributed by atoms with Crippen LogP contribution in [-0.4, -0.2) is 12.6 Å². The minimum atomic E-state index is -0.192. The Morgan fingerprint density at radius 3 is 2.90 bits per heavy atom. The minimum absolute atomic E-state index is 0.0141. The summed E-state index contributed by atoms with van der Waals surface area (Å²) >= 11 is 0. The largest absolute Gasteiger partial charge is 0.493 e. The maximum atomic E-state index is 12.1. The van der Waals surface area contributed by atoms with Crippen molar-refractivity contribution < 1.29 is 9.53 Å². The molecule has 2 aromatic carbocycles. The Kier molecular flexibility index (Phi) is 3.77. The zero-order chi connectivity index (χ0) is 14.7. The van der Waals surface area contributed by atoms with E-state index in [1.807, 2.05) is 55.5 Å². The Hall–Kier alpha value is -2.49. The van der Waals surface area contributed by atoms with Gasteiger partial charge in [-0.2, -0.15) is 0 Å². The lowest BCUT2D eigenvalue weighted by atomic mass is 10.0. The van der Waals surface area contributed by atoms with Gasteiger partial charge < -0.3 is 15.4 Å². The van der Waals surface area contributed by atoms with E-state index in [4.69, 9.17) is 4.74 Å². The van der Waals surface area contributed by atoms with Crippen LogP contribution in [0, 0.1) is 6.92 Å². The molecule has 108 valence electrons. The lowest BCUT2D eigenvalue weighted by Crippen LogP contribution is -2.35. The maximum absolute atomic E-state index is 12.1. The third-order valence-corrected chi connectivity index (χ3v) is 3.54. The quantitative estimate of drug-likeness (QED) is 0.883. The van der Waals surface area contributed by atoms with Crippen molar-refractivity contribution in [3.05, 3.63) is 59.7 Å². The molecule has 0 saturated heterocycles. The number of amides is 2. The molecule has 21 heavy (non-hydrogen) atoms. The smallest absolute Gasteiger partial charge is 0.319 e. The van der Waals surface area contributed by atoms with E-state index in [9.17, 15) is 4.79 Å². The molecule has 1 aliphatic heterocycles. The Morgan fingerprint density at radius 2 is 2.05 bits per heavy atom. The highest BCUT2D eigenvalue weighted by molar-refractivity contribution is 5.89. The van der Waals surface area contributed by atoms with Gasteiger partial charge in [-0.3, -0.25) is 0 Å². The van der Waals surface area contributed by atoms with Crippen LogP contribution in [0.15, 0.2) is 48.5 Å². The predicted octanol–water partition coefficient (Wildman–Crippen LogP) is 3.64. The van der Waals surface area contributed by atoms with Crippen LogP contribution in [0.2, 0.25) is 0 Å². The number of urea groups is 1. The van der Waals surface area contributed by atoms with Crippen molar-refractivity contribution in [2.24, 2.45) is 0 Å². The van der Waals surface area contributed by atoms with Gasteiger partial charge >= 0.3 is 6.03 Å². The fourth-order valence-electron chi connectivity index (χ4n) is 2.54. The van der Waals surface area contributed by atoms with Gasteiger partial charge in [0.05, 0.1) is 12.6 Å². The molecule has 0 aromatic heterocycles. The molecule has 0 fully saturated rings. The molecule has 0 aliphatic carbocycles. The highest BCUT2D eigenvalue weighted by atomic mass is 16.5. The van der Waals surface area contributed by atoms with Gasteiger partial charge in [-0.15, -0.1) is 0 Å². The van der Waals surface area contributed by atoms with Crippen molar-refractivity contribution in [3.8, 4) is 5.75 Å². The number of carbonyl (C=O) groups excluding carboxylic acids is 1. The van der Waals surface area contributed by atoms with Gasteiger partial charge in [-0.25, -0.2) is 4.79 Å². The zero-order valence-corrected chi connectivity index (χ0v) is 11.9. The number of benzene rings is 2. The van der Waals surface area contributed by atoms with Crippen LogP contribution < -0.4 is 15.4 Å². The van der Waals surface area contributed by atoms with Crippen molar-refractivity contribution >= 4 is 11.7 Å². The van der Waals surface area contributed by atoms with Gasteiger partial charge in [0.2, 0.25) is 0 Å². The number of fused-ring (bicyclic) bond motifs is 1. The molecule has 1 atom stereocenters. The molecule has 1 aliphatic rings. The Morgan fingerprint density at radius 1 is 1.19 bits per heavy atom. The summed E-state index contributed by atoms with van der Waals surface area (Å²) in [5.41, 5.74) is 2.94. The van der Waals surface area contributed by atoms with Gasteiger partial charge in [0.15, 0.2) is 0 Å². The number of rotatable bonds is 2. The molecule has 0 bridgehead atoms. The average molecular weight is 282 g/mol. The van der Waals surface area contributed by atoms with Crippen LogP contribution >= 0.6 is 0 Å². The van der Waals surface area contributed by atoms with Crippen molar-refractivity contribution in [1.29, 1.82) is 0 Å². The normalized spacial score (nSPS) is 16.5. The van der Waals surface area contributed by atoms with E-state index in [1.54, 1.807) is 0 Å². The highest BCUT2D eigenvalue weighted by Gasteiger charge is 2.22. The summed E-state index contributed by atoms with van der Waals surface area (Å²) in [7, 11) is 0. The first-order chi connectivity index (χ1) is 10.2. The second-order valence-corrected chi connectivity index (χ2v) is 5.20. The van der Waals surface area contributed by atoms with Crippen LogP contribution in [-0.2, 0) is 0 Å². The van der Waals surface area contributed by atoms with E-state index < -0.39 is 0 Å². The molecule has 1 unspecified atom stereocenters. The lowest BCUT2D eigenvalue weighted by Gasteiger charge is -2.26. The van der Waals surface area contributed by atoms with Crippen LogP contribution in [0.5, 0.6) is 5.75 Å². The molecule has 0 spiro atoms. The van der Waals surface area contributed by atoms with Crippen LogP contribution in [0.1, 0.15) is 23.6 Å². The Balaban J connectivity index is 1.68. The lowest BCUT2D eigenvalue weighted by molar-refractivity contribution is 0.232. The summed E-state index contributed by atoms with van der Waals surface area (Å²) in [6.07, 6.45) is 0.776. The molecule has 2 amide bonds. The van der Waals surface area contributed by atoms with E-state index in [0.717, 1.165) is 29.0 Å². The highest BCUT2D eigenvalue weighted by Crippen LogP contribution is 2.31. The number of anilines is 1. The van der Waals surface area contributed by atoms with Gasteiger partial charge in [-0.1, -0.05) is 30.3 Å². The third kappa shape index (κ3) is 3.16. The van der Waals surface area contributed by atoms with Crippen LogP contribution in [0.4, 0.5) is 10.5 Å². The van der Waals surface area contributed by atoms with Gasteiger partial charge in [0.1, 0.15) is 5.75 Å².